The van der Waals surface area contributed by atoms with Crippen molar-refractivity contribution in [2.24, 2.45) is 0 Å². The van der Waals surface area contributed by atoms with Gasteiger partial charge in [0.15, 0.2) is 0 Å². The molecular weight excluding hydrogens is 346 g/mol. The second kappa shape index (κ2) is 13.2. The molecule has 0 radical (unpaired) electrons. The number of aliphatic hydroxyl groups excluding tert-OH is 4. The first kappa shape index (κ1) is 24.0. The van der Waals surface area contributed by atoms with E-state index < -0.39 is 18.2 Å². The molecule has 0 aliphatic carbocycles. The molecule has 0 aromatic heterocycles. The molecule has 0 amide bonds. The van der Waals surface area contributed by atoms with Gasteiger partial charge in [0.25, 0.3) is 0 Å². The van der Waals surface area contributed by atoms with Gasteiger partial charge in [-0.15, -0.1) is 0 Å². The van der Waals surface area contributed by atoms with Gasteiger partial charge in [0, 0.05) is 52.4 Å². The van der Waals surface area contributed by atoms with Gasteiger partial charge in [-0.3, -0.25) is 14.7 Å². The summed E-state index contributed by atoms with van der Waals surface area (Å²) in [6, 6.07) is -0.508. The molecule has 3 atom stereocenters. The zero-order valence-electron chi connectivity index (χ0n) is 16.6. The van der Waals surface area contributed by atoms with Gasteiger partial charge in [-0.05, 0) is 12.5 Å². The second-order valence-electron chi connectivity index (χ2n) is 7.14. The van der Waals surface area contributed by atoms with Crippen molar-refractivity contribution in [3.05, 3.63) is 37.0 Å². The summed E-state index contributed by atoms with van der Waals surface area (Å²) >= 11 is 0. The van der Waals surface area contributed by atoms with Crippen LogP contribution in [0.3, 0.4) is 0 Å². The lowest BCUT2D eigenvalue weighted by atomic mass is 10.1. The fraction of sp³-hybridized carbons (Fsp3) is 0.700. The Bertz CT molecular complexity index is 470. The van der Waals surface area contributed by atoms with E-state index in [1.54, 1.807) is 13.0 Å². The van der Waals surface area contributed by atoms with E-state index in [1.807, 2.05) is 17.1 Å². The van der Waals surface area contributed by atoms with Crippen molar-refractivity contribution < 1.29 is 20.4 Å². The van der Waals surface area contributed by atoms with Gasteiger partial charge in [-0.2, -0.15) is 0 Å². The van der Waals surface area contributed by atoms with Crippen LogP contribution in [0.5, 0.6) is 0 Å². The predicted octanol–water partition coefficient (Wildman–Crippen LogP) is -0.701. The van der Waals surface area contributed by atoms with Gasteiger partial charge in [0.1, 0.15) is 0 Å². The fourth-order valence-corrected chi connectivity index (χ4v) is 3.40. The van der Waals surface area contributed by atoms with Gasteiger partial charge in [-0.1, -0.05) is 31.4 Å². The first-order chi connectivity index (χ1) is 12.9. The Labute approximate surface area is 163 Å². The zero-order chi connectivity index (χ0) is 20.2. The molecule has 1 unspecified atom stereocenters. The maximum Gasteiger partial charge on any atom is 0.0947 e. The summed E-state index contributed by atoms with van der Waals surface area (Å²) in [7, 11) is 0. The highest BCUT2D eigenvalue weighted by molar-refractivity contribution is 5.22. The van der Waals surface area contributed by atoms with Crippen molar-refractivity contribution >= 4 is 0 Å². The molecule has 7 nitrogen and oxygen atoms in total. The topological polar surface area (TPSA) is 90.6 Å². The molecule has 0 saturated carbocycles. The molecule has 4 N–H and O–H groups in total. The number of nitrogens with zero attached hydrogens (tertiary/aromatic N) is 3. The molecule has 7 heteroatoms. The summed E-state index contributed by atoms with van der Waals surface area (Å²) < 4.78 is 0. The SMILES string of the molecule is C=C/C=C(\C=C)CN1CCN(CC(C)O)CCN([C@H](CO)[C@H](O)CO)CC1. The minimum Gasteiger partial charge on any atom is -0.395 e. The highest BCUT2D eigenvalue weighted by Gasteiger charge is 2.27. The molecule has 1 aliphatic heterocycles. The van der Waals surface area contributed by atoms with Crippen LogP contribution >= 0.6 is 0 Å². The second-order valence-corrected chi connectivity index (χ2v) is 7.14. The van der Waals surface area contributed by atoms with E-state index in [1.165, 1.54) is 0 Å². The monoisotopic (exact) mass is 383 g/mol. The van der Waals surface area contributed by atoms with Gasteiger partial charge in [0.2, 0.25) is 0 Å². The molecular formula is C20H37N3O4. The molecule has 156 valence electrons. The molecule has 1 fully saturated rings. The Kier molecular flexibility index (Phi) is 11.7. The quantitative estimate of drug-likeness (QED) is 0.371. The van der Waals surface area contributed by atoms with Crippen LogP contribution in [0.2, 0.25) is 0 Å². The van der Waals surface area contributed by atoms with E-state index in [4.69, 9.17) is 0 Å². The first-order valence-corrected chi connectivity index (χ1v) is 9.65. The van der Waals surface area contributed by atoms with E-state index >= 15 is 0 Å². The van der Waals surface area contributed by atoms with Crippen LogP contribution in [0.15, 0.2) is 37.0 Å². The third kappa shape index (κ3) is 8.66. The zero-order valence-corrected chi connectivity index (χ0v) is 16.6. The van der Waals surface area contributed by atoms with E-state index in [-0.39, 0.29) is 13.2 Å². The Morgan fingerprint density at radius 1 is 0.963 bits per heavy atom. The van der Waals surface area contributed by atoms with E-state index in [9.17, 15) is 20.4 Å². The molecule has 1 heterocycles. The van der Waals surface area contributed by atoms with Gasteiger partial charge in [-0.25, -0.2) is 0 Å². The van der Waals surface area contributed by atoms with Crippen LogP contribution in [0.4, 0.5) is 0 Å². The van der Waals surface area contributed by atoms with Gasteiger partial charge >= 0.3 is 0 Å². The summed E-state index contributed by atoms with van der Waals surface area (Å²) in [4.78, 5) is 6.52. The van der Waals surface area contributed by atoms with Crippen molar-refractivity contribution in [2.45, 2.75) is 25.2 Å². The molecule has 0 aromatic carbocycles. The summed E-state index contributed by atoms with van der Waals surface area (Å²) in [5, 5.41) is 38.9. The van der Waals surface area contributed by atoms with Crippen molar-refractivity contribution in [3.8, 4) is 0 Å². The third-order valence-electron chi connectivity index (χ3n) is 4.95. The Morgan fingerprint density at radius 2 is 1.56 bits per heavy atom. The van der Waals surface area contributed by atoms with Gasteiger partial charge < -0.3 is 20.4 Å². The highest BCUT2D eigenvalue weighted by Crippen LogP contribution is 2.10. The van der Waals surface area contributed by atoms with Crippen LogP contribution < -0.4 is 0 Å². The largest absolute Gasteiger partial charge is 0.395 e. The normalized spacial score (nSPS) is 22.3. The third-order valence-corrected chi connectivity index (χ3v) is 4.95. The van der Waals surface area contributed by atoms with Gasteiger partial charge in [0.05, 0.1) is 31.5 Å². The highest BCUT2D eigenvalue weighted by atomic mass is 16.3. The lowest BCUT2D eigenvalue weighted by Gasteiger charge is -2.34. The summed E-state index contributed by atoms with van der Waals surface area (Å²) in [6.45, 7) is 14.6. The predicted molar refractivity (Wildman–Crippen MR) is 109 cm³/mol. The van der Waals surface area contributed by atoms with E-state index in [0.29, 0.717) is 19.6 Å². The fourth-order valence-electron chi connectivity index (χ4n) is 3.40. The van der Waals surface area contributed by atoms with Crippen LogP contribution in [-0.2, 0) is 0 Å². The van der Waals surface area contributed by atoms with E-state index in [2.05, 4.69) is 23.0 Å². The van der Waals surface area contributed by atoms with E-state index in [0.717, 1.165) is 38.3 Å². The van der Waals surface area contributed by atoms with Crippen molar-refractivity contribution in [2.75, 3.05) is 65.6 Å². The van der Waals surface area contributed by atoms with Crippen LogP contribution in [0.25, 0.3) is 0 Å². The minimum absolute atomic E-state index is 0.216. The van der Waals surface area contributed by atoms with Crippen LogP contribution in [0.1, 0.15) is 6.92 Å². The average molecular weight is 384 g/mol. The molecule has 0 bridgehead atoms. The van der Waals surface area contributed by atoms with Crippen molar-refractivity contribution in [1.82, 2.24) is 14.7 Å². The standard InChI is InChI=1S/C20H37N3O4/c1-4-6-18(5-2)14-22-8-7-21(13-17(3)26)9-11-23(12-10-22)19(15-24)20(27)16-25/h4-6,17,19-20,24-27H,1-2,7-16H2,3H3/b18-6+/t17?,19-,20-/m1/s1. The Morgan fingerprint density at radius 3 is 2.07 bits per heavy atom. The van der Waals surface area contributed by atoms with Crippen LogP contribution in [0, 0.1) is 0 Å². The number of aliphatic hydroxyl groups is 4. The molecule has 1 aliphatic rings. The molecule has 0 spiro atoms. The van der Waals surface area contributed by atoms with Crippen molar-refractivity contribution in [3.63, 3.8) is 0 Å². The molecule has 27 heavy (non-hydrogen) atoms. The molecule has 0 aromatic rings. The summed E-state index contributed by atoms with van der Waals surface area (Å²) in [5.74, 6) is 0. The maximum atomic E-state index is 10.1. The Balaban J connectivity index is 2.93. The Hall–Kier alpha value is -1.06. The maximum absolute atomic E-state index is 10.1. The lowest BCUT2D eigenvalue weighted by Crippen LogP contribution is -2.51. The minimum atomic E-state index is -0.987. The first-order valence-electron chi connectivity index (χ1n) is 9.65. The number of rotatable bonds is 10. The number of β-amino-alcohol motifs (C(OH)–C–C–N with tert-alkyl or cyclic N) is 1. The van der Waals surface area contributed by atoms with Crippen LogP contribution in [-0.4, -0.2) is 119 Å². The van der Waals surface area contributed by atoms with Crippen molar-refractivity contribution in [1.29, 1.82) is 0 Å². The lowest BCUT2D eigenvalue weighted by molar-refractivity contribution is -0.0166. The smallest absolute Gasteiger partial charge is 0.0947 e. The number of hydrogen-bond donors (Lipinski definition) is 4. The molecule has 1 saturated heterocycles. The number of allylic oxidation sites excluding steroid dienone is 2. The summed E-state index contributed by atoms with van der Waals surface area (Å²) in [5.41, 5.74) is 1.08. The summed E-state index contributed by atoms with van der Waals surface area (Å²) in [6.07, 6.45) is 4.11. The number of hydrogen-bond acceptors (Lipinski definition) is 7. The molecule has 1 rings (SSSR count). The average Bonchev–Trinajstić information content (AvgIpc) is 2.73.